The second kappa shape index (κ2) is 5.03. The number of aryl methyl sites for hydroxylation is 1. The number of hydrogen-bond acceptors (Lipinski definition) is 5. The molecule has 7 heteroatoms. The lowest BCUT2D eigenvalue weighted by Crippen LogP contribution is -2.30. The molecule has 0 radical (unpaired) electrons. The standard InChI is InChI=1S/C14H16N2O4S/c1-9-5-10-3-2-4-13(14(10)15-6-9)21(19,20)16-7-11(17)12(18)8-16/h2-6,11-12,17-18H,7-8H2,1H3. The van der Waals surface area contributed by atoms with Gasteiger partial charge in [0.1, 0.15) is 4.90 Å². The highest BCUT2D eigenvalue weighted by Gasteiger charge is 2.38. The van der Waals surface area contributed by atoms with Crippen LogP contribution < -0.4 is 0 Å². The Balaban J connectivity index is 2.12. The van der Waals surface area contributed by atoms with E-state index in [-0.39, 0.29) is 18.0 Å². The Morgan fingerprint density at radius 2 is 1.90 bits per heavy atom. The van der Waals surface area contributed by atoms with Crippen LogP contribution in [0.15, 0.2) is 35.4 Å². The average molecular weight is 308 g/mol. The molecule has 2 N–H and O–H groups in total. The number of benzene rings is 1. The first kappa shape index (κ1) is 14.4. The molecule has 0 aliphatic carbocycles. The van der Waals surface area contributed by atoms with Crippen molar-refractivity contribution in [3.63, 3.8) is 0 Å². The Bertz CT molecular complexity index is 781. The molecule has 1 fully saturated rings. The zero-order valence-corrected chi connectivity index (χ0v) is 12.3. The number of hydrogen-bond donors (Lipinski definition) is 2. The summed E-state index contributed by atoms with van der Waals surface area (Å²) in [6.45, 7) is 1.68. The van der Waals surface area contributed by atoms with E-state index in [0.717, 1.165) is 15.3 Å². The fourth-order valence-electron chi connectivity index (χ4n) is 2.52. The quantitative estimate of drug-likeness (QED) is 0.831. The lowest BCUT2D eigenvalue weighted by molar-refractivity contribution is 0.0572. The molecule has 2 unspecified atom stereocenters. The van der Waals surface area contributed by atoms with Gasteiger partial charge in [0.2, 0.25) is 10.0 Å². The van der Waals surface area contributed by atoms with Crippen molar-refractivity contribution in [3.8, 4) is 0 Å². The minimum Gasteiger partial charge on any atom is -0.389 e. The van der Waals surface area contributed by atoms with Gasteiger partial charge in [-0.3, -0.25) is 4.98 Å². The molecule has 112 valence electrons. The van der Waals surface area contributed by atoms with Crippen molar-refractivity contribution in [2.75, 3.05) is 13.1 Å². The minimum atomic E-state index is -3.79. The number of rotatable bonds is 2. The molecule has 21 heavy (non-hydrogen) atoms. The molecule has 0 spiro atoms. The predicted molar refractivity (Wildman–Crippen MR) is 77.3 cm³/mol. The van der Waals surface area contributed by atoms with E-state index in [1.807, 2.05) is 19.1 Å². The molecular formula is C14H16N2O4S. The summed E-state index contributed by atoms with van der Waals surface area (Å²) in [4.78, 5) is 4.32. The van der Waals surface area contributed by atoms with Crippen LogP contribution in [0.25, 0.3) is 10.9 Å². The summed E-state index contributed by atoms with van der Waals surface area (Å²) in [7, 11) is -3.79. The molecule has 2 atom stereocenters. The minimum absolute atomic E-state index is 0.0984. The van der Waals surface area contributed by atoms with Crippen molar-refractivity contribution >= 4 is 20.9 Å². The van der Waals surface area contributed by atoms with E-state index in [9.17, 15) is 18.6 Å². The highest BCUT2D eigenvalue weighted by atomic mass is 32.2. The van der Waals surface area contributed by atoms with Crippen LogP contribution >= 0.6 is 0 Å². The normalized spacial score (nSPS) is 23.8. The Morgan fingerprint density at radius 1 is 1.24 bits per heavy atom. The van der Waals surface area contributed by atoms with Crippen LogP contribution in [0, 0.1) is 6.92 Å². The molecule has 1 saturated heterocycles. The van der Waals surface area contributed by atoms with E-state index >= 15 is 0 Å². The third-order valence-corrected chi connectivity index (χ3v) is 5.52. The summed E-state index contributed by atoms with van der Waals surface area (Å²) < 4.78 is 26.5. The van der Waals surface area contributed by atoms with Crippen LogP contribution in [0.3, 0.4) is 0 Å². The van der Waals surface area contributed by atoms with Gasteiger partial charge in [0.25, 0.3) is 0 Å². The van der Waals surface area contributed by atoms with Gasteiger partial charge in [0.05, 0.1) is 17.7 Å². The molecule has 1 aliphatic heterocycles. The zero-order valence-electron chi connectivity index (χ0n) is 11.5. The number of aliphatic hydroxyl groups excluding tert-OH is 2. The molecule has 0 saturated carbocycles. The second-order valence-corrected chi connectivity index (χ2v) is 7.20. The van der Waals surface area contributed by atoms with Gasteiger partial charge in [-0.15, -0.1) is 0 Å². The van der Waals surface area contributed by atoms with E-state index in [4.69, 9.17) is 0 Å². The van der Waals surface area contributed by atoms with Crippen molar-refractivity contribution in [3.05, 3.63) is 36.0 Å². The van der Waals surface area contributed by atoms with Gasteiger partial charge in [-0.1, -0.05) is 12.1 Å². The van der Waals surface area contributed by atoms with Gasteiger partial charge >= 0.3 is 0 Å². The van der Waals surface area contributed by atoms with Crippen LogP contribution in [0.1, 0.15) is 5.56 Å². The largest absolute Gasteiger partial charge is 0.389 e. The number of pyridine rings is 1. The van der Waals surface area contributed by atoms with E-state index in [0.29, 0.717) is 5.52 Å². The molecule has 6 nitrogen and oxygen atoms in total. The Kier molecular flexibility index (Phi) is 3.45. The van der Waals surface area contributed by atoms with Gasteiger partial charge in [-0.25, -0.2) is 8.42 Å². The Labute approximate surface area is 122 Å². The van der Waals surface area contributed by atoms with Crippen molar-refractivity contribution in [1.29, 1.82) is 0 Å². The molecule has 2 aromatic rings. The van der Waals surface area contributed by atoms with E-state index in [2.05, 4.69) is 4.98 Å². The predicted octanol–water partition coefficient (Wildman–Crippen LogP) is 0.269. The smallest absolute Gasteiger partial charge is 0.245 e. The molecule has 1 aromatic heterocycles. The molecule has 1 aromatic carbocycles. The van der Waals surface area contributed by atoms with E-state index < -0.39 is 22.2 Å². The molecule has 0 bridgehead atoms. The number of β-amino-alcohol motifs (C(OH)–C–C–N with tert-alkyl or cyclic N) is 2. The molecule has 1 aliphatic rings. The first-order chi connectivity index (χ1) is 9.89. The number of nitrogens with zero attached hydrogens (tertiary/aromatic N) is 2. The van der Waals surface area contributed by atoms with Gasteiger partial charge in [0.15, 0.2) is 0 Å². The zero-order chi connectivity index (χ0) is 15.2. The van der Waals surface area contributed by atoms with Crippen molar-refractivity contribution < 1.29 is 18.6 Å². The lowest BCUT2D eigenvalue weighted by Gasteiger charge is -2.16. The molecule has 0 amide bonds. The van der Waals surface area contributed by atoms with Crippen molar-refractivity contribution in [1.82, 2.24) is 9.29 Å². The van der Waals surface area contributed by atoms with Crippen molar-refractivity contribution in [2.45, 2.75) is 24.0 Å². The molecule has 2 heterocycles. The van der Waals surface area contributed by atoms with Crippen LogP contribution in [-0.4, -0.2) is 53.2 Å². The third kappa shape index (κ3) is 2.42. The number of fused-ring (bicyclic) bond motifs is 1. The monoisotopic (exact) mass is 308 g/mol. The number of sulfonamides is 1. The van der Waals surface area contributed by atoms with Crippen LogP contribution in [-0.2, 0) is 10.0 Å². The lowest BCUT2D eigenvalue weighted by atomic mass is 10.2. The topological polar surface area (TPSA) is 90.7 Å². The molecular weight excluding hydrogens is 292 g/mol. The van der Waals surface area contributed by atoms with Crippen LogP contribution in [0.4, 0.5) is 0 Å². The highest BCUT2D eigenvalue weighted by Crippen LogP contribution is 2.27. The SMILES string of the molecule is Cc1cnc2c(S(=O)(=O)N3CC(O)C(O)C3)cccc2c1. The van der Waals surface area contributed by atoms with Gasteiger partial charge < -0.3 is 10.2 Å². The Morgan fingerprint density at radius 3 is 2.57 bits per heavy atom. The van der Waals surface area contributed by atoms with Crippen LogP contribution in [0.5, 0.6) is 0 Å². The summed E-state index contributed by atoms with van der Waals surface area (Å²) >= 11 is 0. The maximum absolute atomic E-state index is 12.7. The fourth-order valence-corrected chi connectivity index (χ4v) is 4.16. The number of para-hydroxylation sites is 1. The first-order valence-corrected chi connectivity index (χ1v) is 8.05. The van der Waals surface area contributed by atoms with Gasteiger partial charge in [0, 0.05) is 24.7 Å². The molecule has 3 rings (SSSR count). The number of aromatic nitrogens is 1. The summed E-state index contributed by atoms with van der Waals surface area (Å²) in [5.74, 6) is 0. The van der Waals surface area contributed by atoms with Crippen molar-refractivity contribution in [2.24, 2.45) is 0 Å². The summed E-state index contributed by atoms with van der Waals surface area (Å²) in [5, 5.41) is 19.9. The van der Waals surface area contributed by atoms with Gasteiger partial charge in [-0.2, -0.15) is 4.31 Å². The Hall–Kier alpha value is -1.54. The fraction of sp³-hybridized carbons (Fsp3) is 0.357. The van der Waals surface area contributed by atoms with Crippen LogP contribution in [0.2, 0.25) is 0 Å². The van der Waals surface area contributed by atoms with E-state index in [1.165, 1.54) is 6.07 Å². The highest BCUT2D eigenvalue weighted by molar-refractivity contribution is 7.89. The number of aliphatic hydroxyl groups is 2. The average Bonchev–Trinajstić information content (AvgIpc) is 2.78. The van der Waals surface area contributed by atoms with E-state index in [1.54, 1.807) is 12.3 Å². The maximum Gasteiger partial charge on any atom is 0.245 e. The van der Waals surface area contributed by atoms with Gasteiger partial charge in [-0.05, 0) is 24.6 Å². The third-order valence-electron chi connectivity index (χ3n) is 3.65. The summed E-state index contributed by atoms with van der Waals surface area (Å²) in [6.07, 6.45) is -0.482. The maximum atomic E-state index is 12.7. The first-order valence-electron chi connectivity index (χ1n) is 6.61. The summed E-state index contributed by atoms with van der Waals surface area (Å²) in [5.41, 5.74) is 1.35. The second-order valence-electron chi connectivity index (χ2n) is 5.30. The summed E-state index contributed by atoms with van der Waals surface area (Å²) in [6, 6.07) is 6.84.